The minimum absolute atomic E-state index is 0.0206. The van der Waals surface area contributed by atoms with Crippen molar-refractivity contribution in [3.05, 3.63) is 63.6 Å². The summed E-state index contributed by atoms with van der Waals surface area (Å²) in [5.74, 6) is 0.673. The molecule has 3 saturated heterocycles. The number of piperidine rings is 3. The summed E-state index contributed by atoms with van der Waals surface area (Å²) in [5, 5.41) is 6.66. The van der Waals surface area contributed by atoms with E-state index >= 15 is 0 Å². The number of likely N-dealkylation sites (tertiary alicyclic amines) is 2. The zero-order valence-corrected chi connectivity index (χ0v) is 29.7. The molecule has 3 fully saturated rings. The summed E-state index contributed by atoms with van der Waals surface area (Å²) < 4.78 is 13.0. The fourth-order valence-electron chi connectivity index (χ4n) is 8.33. The van der Waals surface area contributed by atoms with E-state index in [2.05, 4.69) is 16.7 Å². The quantitative estimate of drug-likeness (QED) is 0.290. The van der Waals surface area contributed by atoms with E-state index in [4.69, 9.17) is 9.15 Å². The van der Waals surface area contributed by atoms with E-state index in [1.165, 1.54) is 17.4 Å². The molecule has 1 aromatic heterocycles. The fraction of sp³-hybridized carbons (Fsp3) is 0.579. The lowest BCUT2D eigenvalue weighted by molar-refractivity contribution is -0.142. The van der Waals surface area contributed by atoms with Gasteiger partial charge in [-0.2, -0.15) is 0 Å². The van der Waals surface area contributed by atoms with Gasteiger partial charge in [0.15, 0.2) is 11.7 Å². The second kappa shape index (κ2) is 16.1. The summed E-state index contributed by atoms with van der Waals surface area (Å²) in [4.78, 5) is 57.5. The first kappa shape index (κ1) is 35.5. The van der Waals surface area contributed by atoms with Crippen molar-refractivity contribution in [2.24, 2.45) is 18.9 Å². The van der Waals surface area contributed by atoms with Crippen LogP contribution in [0.5, 0.6) is 0 Å². The van der Waals surface area contributed by atoms with Gasteiger partial charge in [0.1, 0.15) is 0 Å². The molecule has 0 saturated carbocycles. The van der Waals surface area contributed by atoms with E-state index in [1.54, 1.807) is 18.0 Å². The second-order valence-corrected chi connectivity index (χ2v) is 14.2. The first-order valence-electron chi connectivity index (χ1n) is 18.3. The highest BCUT2D eigenvalue weighted by atomic mass is 16.6. The van der Waals surface area contributed by atoms with Gasteiger partial charge in [0.25, 0.3) is 5.91 Å². The van der Waals surface area contributed by atoms with Crippen LogP contribution in [0.4, 0.5) is 10.5 Å². The number of nitrogens with zero attached hydrogens (tertiary/aromatic N) is 4. The fourth-order valence-corrected chi connectivity index (χ4v) is 8.33. The van der Waals surface area contributed by atoms with Crippen LogP contribution < -0.4 is 16.4 Å². The number of fused-ring (bicyclic) bond motifs is 1. The van der Waals surface area contributed by atoms with Crippen LogP contribution in [-0.2, 0) is 34.2 Å². The minimum atomic E-state index is -1.01. The standard InChI is InChI=1S/C38H52N6O6/c1-26-22-27(23-33-35(26)41(3)37(47)49-33)24-34(36(46)42-17-10-29(11-18-42)28-8-15-40-16-9-28)50-38(48)43-20-13-31(14-21-43)44(25-45)19-12-30-6-4-5-7-32(30)39-2/h4-7,22-23,25,28-29,31,34,39-40H,8-21,24H2,1-3H3/t34-/m1/s1. The number of aromatic nitrogens is 1. The number of ether oxygens (including phenoxy) is 1. The van der Waals surface area contributed by atoms with E-state index in [0.717, 1.165) is 61.1 Å². The Labute approximate surface area is 294 Å². The number of rotatable bonds is 11. The van der Waals surface area contributed by atoms with Gasteiger partial charge in [-0.1, -0.05) is 24.3 Å². The Hall–Kier alpha value is -4.32. The third kappa shape index (κ3) is 8.01. The summed E-state index contributed by atoms with van der Waals surface area (Å²) in [6.45, 7) is 6.78. The zero-order valence-electron chi connectivity index (χ0n) is 29.7. The van der Waals surface area contributed by atoms with E-state index in [1.807, 2.05) is 48.0 Å². The first-order chi connectivity index (χ1) is 24.2. The SMILES string of the molecule is CNc1ccccc1CCN(C=O)C1CCN(C(=O)O[C@H](Cc2cc(C)c3c(c2)oc(=O)n3C)C(=O)N2CCC(C3CCNCC3)CC2)CC1. The number of amides is 3. The summed E-state index contributed by atoms with van der Waals surface area (Å²) in [5.41, 5.74) is 4.97. The predicted octanol–water partition coefficient (Wildman–Crippen LogP) is 3.93. The molecule has 4 heterocycles. The molecule has 50 heavy (non-hydrogen) atoms. The Balaban J connectivity index is 1.11. The van der Waals surface area contributed by atoms with Crippen LogP contribution in [0.2, 0.25) is 0 Å². The Bertz CT molecular complexity index is 1700. The molecule has 6 rings (SSSR count). The van der Waals surface area contributed by atoms with Gasteiger partial charge in [-0.15, -0.1) is 0 Å². The normalized spacial score (nSPS) is 18.6. The molecule has 2 N–H and O–H groups in total. The number of hydrogen-bond donors (Lipinski definition) is 2. The van der Waals surface area contributed by atoms with Crippen LogP contribution in [0.25, 0.3) is 11.1 Å². The smallest absolute Gasteiger partial charge is 0.419 e. The Morgan fingerprint density at radius 3 is 2.40 bits per heavy atom. The highest BCUT2D eigenvalue weighted by Gasteiger charge is 2.36. The number of carbonyl (C=O) groups is 3. The van der Waals surface area contributed by atoms with E-state index in [0.29, 0.717) is 68.5 Å². The van der Waals surface area contributed by atoms with Crippen molar-refractivity contribution in [1.29, 1.82) is 0 Å². The number of aryl methyl sites for hydroxylation is 2. The number of hydrogen-bond acceptors (Lipinski definition) is 8. The largest absolute Gasteiger partial charge is 0.436 e. The summed E-state index contributed by atoms with van der Waals surface area (Å²) in [6, 6.07) is 11.8. The molecule has 2 aromatic carbocycles. The molecular weight excluding hydrogens is 636 g/mol. The lowest BCUT2D eigenvalue weighted by atomic mass is 9.79. The number of carbonyl (C=O) groups excluding carboxylic acids is 3. The van der Waals surface area contributed by atoms with Crippen LogP contribution in [0.3, 0.4) is 0 Å². The average molecular weight is 689 g/mol. The molecule has 0 unspecified atom stereocenters. The molecule has 270 valence electrons. The molecule has 3 amide bonds. The van der Waals surface area contributed by atoms with Crippen LogP contribution >= 0.6 is 0 Å². The second-order valence-electron chi connectivity index (χ2n) is 14.2. The van der Waals surface area contributed by atoms with Gasteiger partial charge in [0.05, 0.1) is 5.52 Å². The molecule has 12 heteroatoms. The van der Waals surface area contributed by atoms with Gasteiger partial charge < -0.3 is 34.5 Å². The van der Waals surface area contributed by atoms with Gasteiger partial charge in [-0.3, -0.25) is 14.2 Å². The number of oxazole rings is 1. The van der Waals surface area contributed by atoms with Gasteiger partial charge in [-0.25, -0.2) is 9.59 Å². The Morgan fingerprint density at radius 2 is 1.70 bits per heavy atom. The predicted molar refractivity (Wildman–Crippen MR) is 192 cm³/mol. The molecule has 3 aliphatic heterocycles. The van der Waals surface area contributed by atoms with Crippen molar-refractivity contribution in [2.45, 2.75) is 70.4 Å². The molecule has 0 bridgehead atoms. The zero-order chi connectivity index (χ0) is 35.2. The van der Waals surface area contributed by atoms with Crippen LogP contribution in [0, 0.1) is 18.8 Å². The van der Waals surface area contributed by atoms with Crippen LogP contribution in [0.1, 0.15) is 55.2 Å². The number of benzene rings is 2. The minimum Gasteiger partial charge on any atom is -0.436 e. The maximum absolute atomic E-state index is 14.1. The summed E-state index contributed by atoms with van der Waals surface area (Å²) in [6.07, 6.45) is 5.84. The average Bonchev–Trinajstić information content (AvgIpc) is 3.44. The van der Waals surface area contributed by atoms with Crippen molar-refractivity contribution in [3.8, 4) is 0 Å². The van der Waals surface area contributed by atoms with Gasteiger partial charge in [0, 0.05) is 65.0 Å². The monoisotopic (exact) mass is 688 g/mol. The third-order valence-electron chi connectivity index (χ3n) is 11.2. The van der Waals surface area contributed by atoms with Crippen LogP contribution in [-0.4, -0.2) is 103 Å². The van der Waals surface area contributed by atoms with Crippen molar-refractivity contribution in [2.75, 3.05) is 58.2 Å². The molecule has 0 aliphatic carbocycles. The molecule has 12 nitrogen and oxygen atoms in total. The molecule has 1 atom stereocenters. The van der Waals surface area contributed by atoms with Crippen molar-refractivity contribution in [1.82, 2.24) is 24.6 Å². The maximum Gasteiger partial charge on any atom is 0.419 e. The topological polar surface area (TPSA) is 129 Å². The molecular formula is C38H52N6O6. The third-order valence-corrected chi connectivity index (χ3v) is 11.2. The summed E-state index contributed by atoms with van der Waals surface area (Å²) >= 11 is 0. The lowest BCUT2D eigenvalue weighted by Gasteiger charge is -2.39. The number of para-hydroxylation sites is 1. The first-order valence-corrected chi connectivity index (χ1v) is 18.3. The van der Waals surface area contributed by atoms with Crippen molar-refractivity contribution >= 4 is 35.2 Å². The highest BCUT2D eigenvalue weighted by molar-refractivity contribution is 5.84. The van der Waals surface area contributed by atoms with Gasteiger partial charge >= 0.3 is 11.8 Å². The van der Waals surface area contributed by atoms with Gasteiger partial charge in [-0.05, 0) is 106 Å². The Kier molecular flexibility index (Phi) is 11.5. The van der Waals surface area contributed by atoms with Gasteiger partial charge in [0.2, 0.25) is 6.41 Å². The molecule has 3 aromatic rings. The number of nitrogens with one attached hydrogen (secondary N) is 2. The summed E-state index contributed by atoms with van der Waals surface area (Å²) in [7, 11) is 3.56. The molecule has 0 spiro atoms. The van der Waals surface area contributed by atoms with E-state index in [-0.39, 0.29) is 18.4 Å². The van der Waals surface area contributed by atoms with Crippen molar-refractivity contribution < 1.29 is 23.5 Å². The molecule has 3 aliphatic rings. The van der Waals surface area contributed by atoms with E-state index < -0.39 is 18.0 Å². The Morgan fingerprint density at radius 1 is 1.02 bits per heavy atom. The highest BCUT2D eigenvalue weighted by Crippen LogP contribution is 2.31. The number of anilines is 1. The molecule has 0 radical (unpaired) electrons. The van der Waals surface area contributed by atoms with Crippen molar-refractivity contribution in [3.63, 3.8) is 0 Å². The lowest BCUT2D eigenvalue weighted by Crippen LogP contribution is -2.50. The van der Waals surface area contributed by atoms with Crippen LogP contribution in [0.15, 0.2) is 45.6 Å². The van der Waals surface area contributed by atoms with E-state index in [9.17, 15) is 19.2 Å². The maximum atomic E-state index is 14.1.